The number of aromatic nitrogens is 3. The van der Waals surface area contributed by atoms with Crippen molar-refractivity contribution >= 4 is 11.0 Å². The van der Waals surface area contributed by atoms with Gasteiger partial charge >= 0.3 is 0 Å². The normalized spacial score (nSPS) is 12.3. The highest BCUT2D eigenvalue weighted by Gasteiger charge is 2.17. The molecule has 0 amide bonds. The van der Waals surface area contributed by atoms with Crippen LogP contribution in [0.4, 0.5) is 0 Å². The summed E-state index contributed by atoms with van der Waals surface area (Å²) in [5, 5.41) is 10.9. The Labute approximate surface area is 168 Å². The number of rotatable bonds is 7. The van der Waals surface area contributed by atoms with E-state index in [2.05, 4.69) is 9.97 Å². The average Bonchev–Trinajstić information content (AvgIpc) is 2.77. The minimum atomic E-state index is -0.862. The number of aliphatic hydroxyl groups excluding tert-OH is 1. The molecular weight excluding hydrogens is 366 g/mol. The quantitative estimate of drug-likeness (QED) is 0.528. The molecule has 146 valence electrons. The molecule has 2 aromatic heterocycles. The van der Waals surface area contributed by atoms with Crippen molar-refractivity contribution in [2.45, 2.75) is 18.8 Å². The van der Waals surface area contributed by atoms with E-state index in [9.17, 15) is 9.90 Å². The van der Waals surface area contributed by atoms with Crippen LogP contribution in [-0.2, 0) is 11.3 Å². The molecule has 6 nitrogen and oxygen atoms in total. The molecule has 0 unspecified atom stereocenters. The van der Waals surface area contributed by atoms with Gasteiger partial charge in [0.15, 0.2) is 5.65 Å². The van der Waals surface area contributed by atoms with Crippen LogP contribution >= 0.6 is 0 Å². The second-order valence-corrected chi connectivity index (χ2v) is 6.77. The lowest BCUT2D eigenvalue weighted by atomic mass is 10.0. The Morgan fingerprint density at radius 1 is 0.897 bits per heavy atom. The molecule has 1 atom stereocenters. The summed E-state index contributed by atoms with van der Waals surface area (Å²) in [5.41, 5.74) is 2.17. The van der Waals surface area contributed by atoms with Crippen molar-refractivity contribution in [3.63, 3.8) is 0 Å². The summed E-state index contributed by atoms with van der Waals surface area (Å²) in [4.78, 5) is 20.8. The van der Waals surface area contributed by atoms with Gasteiger partial charge in [-0.3, -0.25) is 9.36 Å². The van der Waals surface area contributed by atoms with Crippen molar-refractivity contribution < 1.29 is 9.84 Å². The third kappa shape index (κ3) is 4.39. The molecular formula is C23H21N3O3. The molecule has 4 rings (SSSR count). The highest BCUT2D eigenvalue weighted by atomic mass is 16.5. The molecule has 0 saturated heterocycles. The van der Waals surface area contributed by atoms with E-state index in [-0.39, 0.29) is 24.8 Å². The van der Waals surface area contributed by atoms with E-state index in [1.807, 2.05) is 60.7 Å². The molecule has 0 aliphatic heterocycles. The Hall–Kier alpha value is -3.35. The first-order valence-corrected chi connectivity index (χ1v) is 9.42. The smallest absolute Gasteiger partial charge is 0.262 e. The lowest BCUT2D eigenvalue weighted by Gasteiger charge is -2.21. The predicted molar refractivity (Wildman–Crippen MR) is 110 cm³/mol. The van der Waals surface area contributed by atoms with Gasteiger partial charge in [0, 0.05) is 6.20 Å². The van der Waals surface area contributed by atoms with E-state index < -0.39 is 6.10 Å². The molecule has 0 bridgehead atoms. The van der Waals surface area contributed by atoms with E-state index in [1.165, 1.54) is 10.9 Å². The van der Waals surface area contributed by atoms with E-state index in [0.717, 1.165) is 11.1 Å². The maximum Gasteiger partial charge on any atom is 0.262 e. The van der Waals surface area contributed by atoms with Crippen molar-refractivity contribution in [2.24, 2.45) is 0 Å². The minimum Gasteiger partial charge on any atom is -0.389 e. The number of nitrogens with zero attached hydrogens (tertiary/aromatic N) is 3. The van der Waals surface area contributed by atoms with E-state index >= 15 is 0 Å². The zero-order valence-corrected chi connectivity index (χ0v) is 15.8. The third-order valence-electron chi connectivity index (χ3n) is 4.66. The first-order chi connectivity index (χ1) is 14.2. The predicted octanol–water partition coefficient (Wildman–Crippen LogP) is 2.96. The molecule has 2 heterocycles. The largest absolute Gasteiger partial charge is 0.389 e. The summed E-state index contributed by atoms with van der Waals surface area (Å²) in [6.45, 7) is 0.166. The van der Waals surface area contributed by atoms with Crippen LogP contribution in [0.15, 0.2) is 90.1 Å². The fraction of sp³-hybridized carbons (Fsp3) is 0.174. The zero-order chi connectivity index (χ0) is 20.1. The van der Waals surface area contributed by atoms with Crippen molar-refractivity contribution in [3.8, 4) is 0 Å². The van der Waals surface area contributed by atoms with Crippen molar-refractivity contribution in [1.29, 1.82) is 0 Å². The molecule has 0 aliphatic rings. The molecule has 2 aromatic carbocycles. The van der Waals surface area contributed by atoms with Gasteiger partial charge in [-0.05, 0) is 23.3 Å². The number of hydrogen-bond acceptors (Lipinski definition) is 5. The van der Waals surface area contributed by atoms with Gasteiger partial charge in [0.2, 0.25) is 0 Å². The molecule has 0 radical (unpaired) electrons. The highest BCUT2D eigenvalue weighted by Crippen LogP contribution is 2.25. The van der Waals surface area contributed by atoms with Gasteiger partial charge < -0.3 is 9.84 Å². The minimum absolute atomic E-state index is 0.0754. The zero-order valence-electron chi connectivity index (χ0n) is 15.8. The number of fused-ring (bicyclic) bond motifs is 1. The summed E-state index contributed by atoms with van der Waals surface area (Å²) in [6, 6.07) is 23.1. The maximum absolute atomic E-state index is 12.6. The first kappa shape index (κ1) is 19.0. The van der Waals surface area contributed by atoms with Gasteiger partial charge in [0.1, 0.15) is 12.4 Å². The second-order valence-electron chi connectivity index (χ2n) is 6.77. The molecule has 0 saturated carbocycles. The van der Waals surface area contributed by atoms with Crippen LogP contribution < -0.4 is 5.56 Å². The third-order valence-corrected chi connectivity index (χ3v) is 4.66. The molecule has 1 N–H and O–H groups in total. The lowest BCUT2D eigenvalue weighted by molar-refractivity contribution is -0.000987. The molecule has 4 aromatic rings. The van der Waals surface area contributed by atoms with Gasteiger partial charge in [0.05, 0.1) is 24.6 Å². The first-order valence-electron chi connectivity index (χ1n) is 9.42. The Bertz CT molecular complexity index is 1090. The summed E-state index contributed by atoms with van der Waals surface area (Å²) in [5.74, 6) is 0. The Morgan fingerprint density at radius 3 is 2.21 bits per heavy atom. The lowest BCUT2D eigenvalue weighted by Crippen LogP contribution is -2.30. The van der Waals surface area contributed by atoms with E-state index in [1.54, 1.807) is 18.3 Å². The fourth-order valence-corrected chi connectivity index (χ4v) is 3.26. The van der Waals surface area contributed by atoms with Crippen LogP contribution in [0.5, 0.6) is 0 Å². The molecule has 29 heavy (non-hydrogen) atoms. The monoisotopic (exact) mass is 387 g/mol. The molecule has 0 spiro atoms. The average molecular weight is 387 g/mol. The Kier molecular flexibility index (Phi) is 5.74. The van der Waals surface area contributed by atoms with Crippen molar-refractivity contribution in [3.05, 3.63) is 107 Å². The van der Waals surface area contributed by atoms with Crippen LogP contribution in [-0.4, -0.2) is 32.4 Å². The van der Waals surface area contributed by atoms with E-state index in [0.29, 0.717) is 11.0 Å². The second kappa shape index (κ2) is 8.77. The number of hydrogen-bond donors (Lipinski definition) is 1. The number of aliphatic hydroxyl groups is 1. The van der Waals surface area contributed by atoms with Gasteiger partial charge in [-0.15, -0.1) is 0 Å². The number of ether oxygens (including phenoxy) is 1. The van der Waals surface area contributed by atoms with Gasteiger partial charge in [-0.1, -0.05) is 60.7 Å². The van der Waals surface area contributed by atoms with Crippen LogP contribution in [0.3, 0.4) is 0 Å². The van der Waals surface area contributed by atoms with Gasteiger partial charge in [-0.25, -0.2) is 9.97 Å². The summed E-state index contributed by atoms with van der Waals surface area (Å²) in [6.07, 6.45) is 1.84. The molecule has 0 aliphatic carbocycles. The maximum atomic E-state index is 12.6. The number of pyridine rings is 1. The van der Waals surface area contributed by atoms with Crippen LogP contribution in [0.1, 0.15) is 17.2 Å². The Balaban J connectivity index is 1.49. The van der Waals surface area contributed by atoms with Gasteiger partial charge in [-0.2, -0.15) is 0 Å². The highest BCUT2D eigenvalue weighted by molar-refractivity contribution is 5.72. The van der Waals surface area contributed by atoms with Crippen molar-refractivity contribution in [1.82, 2.24) is 14.5 Å². The van der Waals surface area contributed by atoms with Crippen molar-refractivity contribution in [2.75, 3.05) is 6.61 Å². The fourth-order valence-electron chi connectivity index (χ4n) is 3.26. The summed E-state index contributed by atoms with van der Waals surface area (Å²) >= 11 is 0. The van der Waals surface area contributed by atoms with E-state index in [4.69, 9.17) is 4.74 Å². The Morgan fingerprint density at radius 2 is 1.55 bits per heavy atom. The van der Waals surface area contributed by atoms with Gasteiger partial charge in [0.25, 0.3) is 5.56 Å². The molecule has 6 heteroatoms. The summed E-state index contributed by atoms with van der Waals surface area (Å²) < 4.78 is 7.46. The molecule has 0 fully saturated rings. The number of benzene rings is 2. The standard InChI is InChI=1S/C23H21N3O3/c27-19(14-26-16-25-22-20(23(26)28)12-7-13-24-22)15-29-21(17-8-3-1-4-9-17)18-10-5-2-6-11-18/h1-13,16,19,21,27H,14-15H2/t19-/m1/s1. The van der Waals surface area contributed by atoms with Crippen LogP contribution in [0.2, 0.25) is 0 Å². The van der Waals surface area contributed by atoms with Crippen LogP contribution in [0.25, 0.3) is 11.0 Å². The van der Waals surface area contributed by atoms with Crippen LogP contribution in [0, 0.1) is 0 Å². The SMILES string of the molecule is O=c1c2cccnc2ncn1C[C@@H](O)COC(c1ccccc1)c1ccccc1. The topological polar surface area (TPSA) is 77.2 Å². The summed E-state index contributed by atoms with van der Waals surface area (Å²) in [7, 11) is 0.